The molecular weight excluding hydrogens is 318 g/mol. The largest absolute Gasteiger partial charge is 0.359 e. The lowest BCUT2D eigenvalue weighted by atomic mass is 10.3. The average molecular weight is 336 g/mol. The molecule has 0 radical (unpaired) electrons. The van der Waals surface area contributed by atoms with Gasteiger partial charge >= 0.3 is 0 Å². The first-order valence-corrected chi connectivity index (χ1v) is 7.67. The fraction of sp³-hybridized carbons (Fsp3) is 0.267. The fourth-order valence-electron chi connectivity index (χ4n) is 1.85. The first-order chi connectivity index (χ1) is 10.5. The maximum Gasteiger partial charge on any atom is 0.187 e. The molecule has 1 aromatic carbocycles. The van der Waals surface area contributed by atoms with E-state index >= 15 is 0 Å². The average Bonchev–Trinajstić information content (AvgIpc) is 2.75. The summed E-state index contributed by atoms with van der Waals surface area (Å²) in [5.74, 6) is 0. The van der Waals surface area contributed by atoms with E-state index in [1.165, 1.54) is 0 Å². The number of aryl methyl sites for hydroxylation is 1. The van der Waals surface area contributed by atoms with Gasteiger partial charge in [-0.2, -0.15) is 10.2 Å². The quantitative estimate of drug-likeness (QED) is 0.512. The number of hydrogen-bond acceptors (Lipinski definition) is 3. The Kier molecular flexibility index (Phi) is 5.51. The van der Waals surface area contributed by atoms with Crippen molar-refractivity contribution >= 4 is 35.1 Å². The summed E-state index contributed by atoms with van der Waals surface area (Å²) in [4.78, 5) is 0. The zero-order chi connectivity index (χ0) is 16.1. The van der Waals surface area contributed by atoms with Gasteiger partial charge in [-0.05, 0) is 45.1 Å². The van der Waals surface area contributed by atoms with Gasteiger partial charge in [-0.25, -0.2) is 4.68 Å². The summed E-state index contributed by atoms with van der Waals surface area (Å²) >= 11 is 11.5. The number of benzene rings is 1. The Bertz CT molecular complexity index is 679. The smallest absolute Gasteiger partial charge is 0.187 e. The molecule has 2 rings (SSSR count). The van der Waals surface area contributed by atoms with Crippen LogP contribution in [0.2, 0.25) is 5.15 Å². The standard InChI is InChI=1S/C15H18ClN5S/c1-10(2)18-15(22)19-17-9-13-11(3)20-21(14(13)16)12-7-5-4-6-8-12/h4-10H,1-3H3,(H2,18,19,22)/b17-9+. The zero-order valence-electron chi connectivity index (χ0n) is 12.7. The molecule has 0 atom stereocenters. The number of nitrogens with one attached hydrogen (secondary N) is 2. The Morgan fingerprint density at radius 3 is 2.68 bits per heavy atom. The van der Waals surface area contributed by atoms with Gasteiger partial charge < -0.3 is 5.32 Å². The lowest BCUT2D eigenvalue weighted by molar-refractivity contribution is 0.720. The van der Waals surface area contributed by atoms with Crippen molar-refractivity contribution in [2.24, 2.45) is 5.10 Å². The van der Waals surface area contributed by atoms with E-state index in [4.69, 9.17) is 23.8 Å². The predicted molar refractivity (Wildman–Crippen MR) is 94.9 cm³/mol. The second kappa shape index (κ2) is 7.38. The molecule has 116 valence electrons. The molecular formula is C15H18ClN5S. The number of para-hydroxylation sites is 1. The van der Waals surface area contributed by atoms with E-state index in [0.717, 1.165) is 16.9 Å². The zero-order valence-corrected chi connectivity index (χ0v) is 14.2. The van der Waals surface area contributed by atoms with Crippen molar-refractivity contribution < 1.29 is 0 Å². The third kappa shape index (κ3) is 4.05. The highest BCUT2D eigenvalue weighted by Gasteiger charge is 2.12. The van der Waals surface area contributed by atoms with Crippen LogP contribution in [0.3, 0.4) is 0 Å². The Balaban J connectivity index is 2.16. The van der Waals surface area contributed by atoms with Gasteiger partial charge in [0.1, 0.15) is 5.15 Å². The van der Waals surface area contributed by atoms with E-state index in [1.54, 1.807) is 10.9 Å². The number of thiocarbonyl (C=S) groups is 1. The number of hydrogen-bond donors (Lipinski definition) is 2. The highest BCUT2D eigenvalue weighted by atomic mass is 35.5. The number of hydrazone groups is 1. The van der Waals surface area contributed by atoms with Crippen LogP contribution in [0.25, 0.3) is 5.69 Å². The molecule has 0 saturated heterocycles. The molecule has 22 heavy (non-hydrogen) atoms. The first-order valence-electron chi connectivity index (χ1n) is 6.89. The van der Waals surface area contributed by atoms with Crippen LogP contribution < -0.4 is 10.7 Å². The van der Waals surface area contributed by atoms with Crippen LogP contribution >= 0.6 is 23.8 Å². The Labute approximate surface area is 140 Å². The Morgan fingerprint density at radius 1 is 1.36 bits per heavy atom. The first kappa shape index (κ1) is 16.5. The molecule has 2 N–H and O–H groups in total. The topological polar surface area (TPSA) is 54.2 Å². The summed E-state index contributed by atoms with van der Waals surface area (Å²) in [7, 11) is 0. The summed E-state index contributed by atoms with van der Waals surface area (Å²) in [6, 6.07) is 9.96. The minimum Gasteiger partial charge on any atom is -0.359 e. The van der Waals surface area contributed by atoms with Crippen LogP contribution in [-0.4, -0.2) is 27.1 Å². The van der Waals surface area contributed by atoms with Crippen molar-refractivity contribution in [3.63, 3.8) is 0 Å². The summed E-state index contributed by atoms with van der Waals surface area (Å²) in [5.41, 5.74) is 5.21. The second-order valence-corrected chi connectivity index (χ2v) is 5.80. The van der Waals surface area contributed by atoms with Gasteiger partial charge in [-0.1, -0.05) is 29.8 Å². The van der Waals surface area contributed by atoms with Gasteiger partial charge in [0.05, 0.1) is 23.2 Å². The van der Waals surface area contributed by atoms with Gasteiger partial charge in [-0.3, -0.25) is 5.43 Å². The molecule has 0 spiro atoms. The molecule has 0 saturated carbocycles. The van der Waals surface area contributed by atoms with E-state index < -0.39 is 0 Å². The molecule has 1 heterocycles. The number of halogens is 1. The van der Waals surface area contributed by atoms with Crippen molar-refractivity contribution in [3.05, 3.63) is 46.7 Å². The van der Waals surface area contributed by atoms with Gasteiger partial charge in [0.15, 0.2) is 5.11 Å². The molecule has 0 aliphatic rings. The lowest BCUT2D eigenvalue weighted by Crippen LogP contribution is -2.36. The maximum atomic E-state index is 6.40. The minimum absolute atomic E-state index is 0.251. The minimum atomic E-state index is 0.251. The third-order valence-electron chi connectivity index (χ3n) is 2.83. The molecule has 0 bridgehead atoms. The van der Waals surface area contributed by atoms with E-state index in [9.17, 15) is 0 Å². The van der Waals surface area contributed by atoms with Crippen LogP contribution in [-0.2, 0) is 0 Å². The molecule has 0 aliphatic heterocycles. The monoisotopic (exact) mass is 335 g/mol. The third-order valence-corrected chi connectivity index (χ3v) is 3.40. The molecule has 2 aromatic rings. The molecule has 0 unspecified atom stereocenters. The normalized spacial score (nSPS) is 11.1. The lowest BCUT2D eigenvalue weighted by Gasteiger charge is -2.09. The number of nitrogens with zero attached hydrogens (tertiary/aromatic N) is 3. The van der Waals surface area contributed by atoms with Gasteiger partial charge in [-0.15, -0.1) is 0 Å². The van der Waals surface area contributed by atoms with Crippen LogP contribution in [0, 0.1) is 6.92 Å². The summed E-state index contributed by atoms with van der Waals surface area (Å²) < 4.78 is 1.68. The Morgan fingerprint density at radius 2 is 2.05 bits per heavy atom. The molecule has 0 fully saturated rings. The van der Waals surface area contributed by atoms with Gasteiger partial charge in [0.2, 0.25) is 0 Å². The number of rotatable bonds is 4. The highest BCUT2D eigenvalue weighted by Crippen LogP contribution is 2.21. The predicted octanol–water partition coefficient (Wildman–Crippen LogP) is 3.04. The summed E-state index contributed by atoms with van der Waals surface area (Å²) in [5, 5.41) is 12.6. The van der Waals surface area contributed by atoms with Crippen LogP contribution in [0.5, 0.6) is 0 Å². The SMILES string of the molecule is Cc1nn(-c2ccccc2)c(Cl)c1/C=N/NC(=S)NC(C)C. The maximum absolute atomic E-state index is 6.40. The van der Waals surface area contributed by atoms with E-state index in [-0.39, 0.29) is 6.04 Å². The number of aromatic nitrogens is 2. The molecule has 1 aromatic heterocycles. The summed E-state index contributed by atoms with van der Waals surface area (Å²) in [6.07, 6.45) is 1.62. The van der Waals surface area contributed by atoms with E-state index in [2.05, 4.69) is 20.9 Å². The summed E-state index contributed by atoms with van der Waals surface area (Å²) in [6.45, 7) is 5.89. The van der Waals surface area contributed by atoms with Crippen molar-refractivity contribution in [2.45, 2.75) is 26.8 Å². The van der Waals surface area contributed by atoms with E-state index in [0.29, 0.717) is 10.3 Å². The van der Waals surface area contributed by atoms with Gasteiger partial charge in [0.25, 0.3) is 0 Å². The van der Waals surface area contributed by atoms with E-state index in [1.807, 2.05) is 51.1 Å². The molecule has 0 amide bonds. The Hall–Kier alpha value is -1.92. The van der Waals surface area contributed by atoms with Crippen LogP contribution in [0.4, 0.5) is 0 Å². The van der Waals surface area contributed by atoms with Gasteiger partial charge in [0, 0.05) is 6.04 Å². The van der Waals surface area contributed by atoms with Crippen molar-refractivity contribution in [1.82, 2.24) is 20.5 Å². The highest BCUT2D eigenvalue weighted by molar-refractivity contribution is 7.80. The van der Waals surface area contributed by atoms with Crippen LogP contribution in [0.15, 0.2) is 35.4 Å². The van der Waals surface area contributed by atoms with Crippen molar-refractivity contribution in [2.75, 3.05) is 0 Å². The molecule has 5 nitrogen and oxygen atoms in total. The second-order valence-electron chi connectivity index (χ2n) is 5.04. The van der Waals surface area contributed by atoms with Crippen molar-refractivity contribution in [3.8, 4) is 5.69 Å². The molecule has 0 aliphatic carbocycles. The molecule has 7 heteroatoms. The fourth-order valence-corrected chi connectivity index (χ4v) is 2.46. The van der Waals surface area contributed by atoms with Crippen LogP contribution in [0.1, 0.15) is 25.1 Å². The van der Waals surface area contributed by atoms with Crippen molar-refractivity contribution in [1.29, 1.82) is 0 Å².